The molecule has 4 heteroatoms. The number of nitrogens with zero attached hydrogens (tertiary/aromatic N) is 3. The van der Waals surface area contributed by atoms with Crippen LogP contribution in [-0.4, -0.2) is 41.4 Å². The Balaban J connectivity index is 1.44. The molecule has 1 aromatic rings. The third kappa shape index (κ3) is 3.38. The summed E-state index contributed by atoms with van der Waals surface area (Å²) in [5.74, 6) is 0.434. The van der Waals surface area contributed by atoms with E-state index >= 15 is 0 Å². The summed E-state index contributed by atoms with van der Waals surface area (Å²) in [6.07, 6.45) is 9.49. The van der Waals surface area contributed by atoms with Crippen LogP contribution in [0.3, 0.4) is 0 Å². The van der Waals surface area contributed by atoms with Crippen molar-refractivity contribution in [1.82, 2.24) is 9.80 Å². The topological polar surface area (TPSA) is 47.3 Å². The first-order valence-corrected chi connectivity index (χ1v) is 10.2. The predicted molar refractivity (Wildman–Crippen MR) is 101 cm³/mol. The smallest absolute Gasteiger partial charge is 0.230 e. The molecule has 0 N–H and O–H groups in total. The number of carbonyl (C=O) groups is 1. The normalized spacial score (nSPS) is 27.8. The minimum atomic E-state index is -0.150. The Hall–Kier alpha value is -1.86. The van der Waals surface area contributed by atoms with Crippen molar-refractivity contribution in [2.45, 2.75) is 64.0 Å². The Morgan fingerprint density at radius 2 is 1.96 bits per heavy atom. The van der Waals surface area contributed by atoms with Gasteiger partial charge in [0, 0.05) is 25.7 Å². The molecule has 2 aliphatic heterocycles. The third-order valence-corrected chi connectivity index (χ3v) is 6.68. The number of hydrogen-bond donors (Lipinski definition) is 0. The van der Waals surface area contributed by atoms with Crippen LogP contribution in [0.2, 0.25) is 0 Å². The summed E-state index contributed by atoms with van der Waals surface area (Å²) in [5.41, 5.74) is 1.74. The Morgan fingerprint density at radius 3 is 2.77 bits per heavy atom. The Labute approximate surface area is 156 Å². The van der Waals surface area contributed by atoms with E-state index in [-0.39, 0.29) is 5.41 Å². The van der Waals surface area contributed by atoms with Gasteiger partial charge in [-0.25, -0.2) is 0 Å². The number of likely N-dealkylation sites (tertiary alicyclic amines) is 2. The van der Waals surface area contributed by atoms with Crippen LogP contribution >= 0.6 is 0 Å². The number of hydrogen-bond acceptors (Lipinski definition) is 3. The zero-order valence-corrected chi connectivity index (χ0v) is 15.6. The molecule has 3 aliphatic rings. The van der Waals surface area contributed by atoms with E-state index in [9.17, 15) is 4.79 Å². The van der Waals surface area contributed by atoms with Crippen LogP contribution in [0.4, 0.5) is 0 Å². The van der Waals surface area contributed by atoms with Crippen molar-refractivity contribution in [3.63, 3.8) is 0 Å². The van der Waals surface area contributed by atoms with Crippen LogP contribution in [0.15, 0.2) is 24.3 Å². The van der Waals surface area contributed by atoms with Crippen molar-refractivity contribution >= 4 is 5.91 Å². The highest BCUT2D eigenvalue weighted by Gasteiger charge is 2.49. The fourth-order valence-electron chi connectivity index (χ4n) is 5.31. The molecule has 0 bridgehead atoms. The van der Waals surface area contributed by atoms with Crippen molar-refractivity contribution in [1.29, 1.82) is 5.26 Å². The number of carbonyl (C=O) groups excluding carboxylic acids is 1. The molecule has 1 atom stereocenters. The molecule has 1 amide bonds. The first-order chi connectivity index (χ1) is 12.7. The van der Waals surface area contributed by atoms with Crippen LogP contribution in [0.1, 0.15) is 62.5 Å². The van der Waals surface area contributed by atoms with Gasteiger partial charge in [0.25, 0.3) is 0 Å². The van der Waals surface area contributed by atoms with Crippen molar-refractivity contribution in [2.75, 3.05) is 19.6 Å². The molecule has 0 radical (unpaired) electrons. The van der Waals surface area contributed by atoms with E-state index in [4.69, 9.17) is 5.26 Å². The molecule has 1 aliphatic carbocycles. The summed E-state index contributed by atoms with van der Waals surface area (Å²) in [7, 11) is 0. The van der Waals surface area contributed by atoms with E-state index in [1.54, 1.807) is 0 Å². The lowest BCUT2D eigenvalue weighted by Crippen LogP contribution is -2.54. The summed E-state index contributed by atoms with van der Waals surface area (Å²) < 4.78 is 0. The van der Waals surface area contributed by atoms with Gasteiger partial charge in [0.1, 0.15) is 0 Å². The van der Waals surface area contributed by atoms with Gasteiger partial charge >= 0.3 is 0 Å². The van der Waals surface area contributed by atoms with E-state index in [0.717, 1.165) is 45.4 Å². The average Bonchev–Trinajstić information content (AvgIpc) is 3.08. The van der Waals surface area contributed by atoms with E-state index < -0.39 is 0 Å². The van der Waals surface area contributed by atoms with E-state index in [2.05, 4.69) is 21.9 Å². The molecule has 4 nitrogen and oxygen atoms in total. The van der Waals surface area contributed by atoms with Crippen molar-refractivity contribution < 1.29 is 4.79 Å². The van der Waals surface area contributed by atoms with Crippen molar-refractivity contribution in [2.24, 2.45) is 5.41 Å². The molecular weight excluding hydrogens is 322 g/mol. The molecule has 4 rings (SSSR count). The number of benzene rings is 1. The zero-order valence-electron chi connectivity index (χ0n) is 15.6. The van der Waals surface area contributed by atoms with E-state index in [1.807, 2.05) is 18.2 Å². The first-order valence-electron chi connectivity index (χ1n) is 10.2. The Kier molecular flexibility index (Phi) is 5.00. The van der Waals surface area contributed by atoms with Crippen LogP contribution in [-0.2, 0) is 11.3 Å². The van der Waals surface area contributed by atoms with Gasteiger partial charge < -0.3 is 4.90 Å². The van der Waals surface area contributed by atoms with Crippen LogP contribution in [0, 0.1) is 16.7 Å². The first kappa shape index (κ1) is 17.5. The van der Waals surface area contributed by atoms with Gasteiger partial charge in [-0.05, 0) is 56.3 Å². The highest BCUT2D eigenvalue weighted by Crippen LogP contribution is 2.42. The molecule has 3 fully saturated rings. The lowest BCUT2D eigenvalue weighted by molar-refractivity contribution is -0.149. The molecular formula is C22H29N3O. The molecule has 1 saturated carbocycles. The summed E-state index contributed by atoms with van der Waals surface area (Å²) in [4.78, 5) is 18.1. The number of nitriles is 1. The minimum Gasteiger partial charge on any atom is -0.339 e. The average molecular weight is 351 g/mol. The summed E-state index contributed by atoms with van der Waals surface area (Å²) in [5, 5.41) is 9.10. The second-order valence-electron chi connectivity index (χ2n) is 8.45. The molecule has 26 heavy (non-hydrogen) atoms. The molecule has 0 aromatic heterocycles. The maximum Gasteiger partial charge on any atom is 0.230 e. The summed E-state index contributed by atoms with van der Waals surface area (Å²) in [6, 6.07) is 10.6. The molecule has 0 unspecified atom stereocenters. The number of rotatable bonds is 3. The van der Waals surface area contributed by atoms with Gasteiger partial charge in [-0.3, -0.25) is 9.69 Å². The van der Waals surface area contributed by atoms with E-state index in [1.165, 1.54) is 37.7 Å². The molecule has 138 valence electrons. The minimum absolute atomic E-state index is 0.150. The van der Waals surface area contributed by atoms with Gasteiger partial charge in [0.05, 0.1) is 17.0 Å². The molecule has 2 saturated heterocycles. The Morgan fingerprint density at radius 1 is 1.12 bits per heavy atom. The van der Waals surface area contributed by atoms with Gasteiger partial charge in [-0.1, -0.05) is 31.4 Å². The third-order valence-electron chi connectivity index (χ3n) is 6.68. The highest BCUT2D eigenvalue weighted by molar-refractivity contribution is 5.84. The van der Waals surface area contributed by atoms with E-state index in [0.29, 0.717) is 17.5 Å². The van der Waals surface area contributed by atoms with Gasteiger partial charge in [-0.15, -0.1) is 0 Å². The molecule has 1 spiro atoms. The monoisotopic (exact) mass is 351 g/mol. The lowest BCUT2D eigenvalue weighted by atomic mass is 9.77. The van der Waals surface area contributed by atoms with Crippen molar-refractivity contribution in [3.8, 4) is 6.07 Å². The standard InChI is InChI=1S/C22H29N3O/c23-15-18-6-4-7-19(14-18)16-24-13-11-22(17-24)10-5-12-25(21(22)26)20-8-2-1-3-9-20/h4,6-7,14,20H,1-3,5,8-13,16-17H2/t22-/m1/s1. The van der Waals surface area contributed by atoms with Gasteiger partial charge in [0.2, 0.25) is 5.91 Å². The quantitative estimate of drug-likeness (QED) is 0.834. The molecule has 2 heterocycles. The SMILES string of the molecule is N#Cc1cccc(CN2CC[C@]3(CCCN(C4CCCCC4)C3=O)C2)c1. The fourth-order valence-corrected chi connectivity index (χ4v) is 5.31. The zero-order chi connectivity index (χ0) is 18.0. The highest BCUT2D eigenvalue weighted by atomic mass is 16.2. The van der Waals surface area contributed by atoms with Crippen molar-refractivity contribution in [3.05, 3.63) is 35.4 Å². The van der Waals surface area contributed by atoms with Crippen LogP contribution in [0.25, 0.3) is 0 Å². The maximum atomic E-state index is 13.4. The second-order valence-corrected chi connectivity index (χ2v) is 8.45. The van der Waals surface area contributed by atoms with Gasteiger partial charge in [-0.2, -0.15) is 5.26 Å². The summed E-state index contributed by atoms with van der Waals surface area (Å²) >= 11 is 0. The fraction of sp³-hybridized carbons (Fsp3) is 0.636. The summed E-state index contributed by atoms with van der Waals surface area (Å²) in [6.45, 7) is 3.68. The van der Waals surface area contributed by atoms with Crippen LogP contribution < -0.4 is 0 Å². The number of piperidine rings is 1. The van der Waals surface area contributed by atoms with Crippen LogP contribution in [0.5, 0.6) is 0 Å². The number of amides is 1. The maximum absolute atomic E-state index is 13.4. The largest absolute Gasteiger partial charge is 0.339 e. The van der Waals surface area contributed by atoms with Gasteiger partial charge in [0.15, 0.2) is 0 Å². The Bertz CT molecular complexity index is 704. The predicted octanol–water partition coefficient (Wildman–Crippen LogP) is 3.71. The molecule has 1 aromatic carbocycles. The second kappa shape index (κ2) is 7.40. The lowest BCUT2D eigenvalue weighted by Gasteiger charge is -2.44.